The maximum Gasteiger partial charge on any atom is 0.165 e. The summed E-state index contributed by atoms with van der Waals surface area (Å²) in [6.07, 6.45) is 0.677. The van der Waals surface area contributed by atoms with Crippen LogP contribution < -0.4 is 21.3 Å². The fraction of sp³-hybridized carbons (Fsp3) is 0.286. The molecule has 0 saturated heterocycles. The molecule has 0 bridgehead atoms. The molecule has 6 nitrogen and oxygen atoms in total. The number of nitrogens with one attached hydrogen (secondary N) is 2. The number of benzene rings is 1. The quantitative estimate of drug-likeness (QED) is 0.580. The Hall–Kier alpha value is -2.41. The Labute approximate surface area is 122 Å². The van der Waals surface area contributed by atoms with Crippen LogP contribution in [0.25, 0.3) is 0 Å². The lowest BCUT2D eigenvalue weighted by molar-refractivity contribution is 0.387. The van der Waals surface area contributed by atoms with Gasteiger partial charge in [0.2, 0.25) is 0 Å². The number of aromatic nitrogens is 2. The third kappa shape index (κ3) is 3.19. The van der Waals surface area contributed by atoms with E-state index < -0.39 is 5.82 Å². The molecular weight excluding hydrogens is 273 g/mol. The van der Waals surface area contributed by atoms with Crippen LogP contribution in [0.5, 0.6) is 5.75 Å². The molecule has 0 amide bonds. The van der Waals surface area contributed by atoms with E-state index in [0.29, 0.717) is 29.6 Å². The predicted molar refractivity (Wildman–Crippen MR) is 80.2 cm³/mol. The molecular formula is C14H18FN5O. The van der Waals surface area contributed by atoms with Crippen LogP contribution in [0.1, 0.15) is 18.3 Å². The first-order valence-corrected chi connectivity index (χ1v) is 6.53. The molecule has 0 unspecified atom stereocenters. The molecule has 2 aromatic rings. The number of aryl methyl sites for hydroxylation is 1. The van der Waals surface area contributed by atoms with Crippen LogP contribution in [0.2, 0.25) is 0 Å². The Bertz CT molecular complexity index is 648. The number of hydrazine groups is 1. The van der Waals surface area contributed by atoms with E-state index >= 15 is 0 Å². The van der Waals surface area contributed by atoms with Crippen LogP contribution in [0.15, 0.2) is 18.2 Å². The van der Waals surface area contributed by atoms with Crippen molar-refractivity contribution in [2.45, 2.75) is 20.3 Å². The van der Waals surface area contributed by atoms with Crippen molar-refractivity contribution in [1.29, 1.82) is 0 Å². The van der Waals surface area contributed by atoms with Crippen LogP contribution in [0.3, 0.4) is 0 Å². The van der Waals surface area contributed by atoms with E-state index in [2.05, 4.69) is 20.7 Å². The predicted octanol–water partition coefficient (Wildman–Crippen LogP) is 2.52. The number of rotatable bonds is 5. The lowest BCUT2D eigenvalue weighted by Gasteiger charge is -2.14. The summed E-state index contributed by atoms with van der Waals surface area (Å²) in [7, 11) is 1.42. The monoisotopic (exact) mass is 291 g/mol. The van der Waals surface area contributed by atoms with Crippen LogP contribution in [-0.4, -0.2) is 17.1 Å². The highest BCUT2D eigenvalue weighted by Gasteiger charge is 2.11. The van der Waals surface area contributed by atoms with E-state index in [1.165, 1.54) is 13.2 Å². The van der Waals surface area contributed by atoms with Crippen molar-refractivity contribution in [2.24, 2.45) is 5.84 Å². The second kappa shape index (κ2) is 6.36. The highest BCUT2D eigenvalue weighted by Crippen LogP contribution is 2.27. The molecule has 21 heavy (non-hydrogen) atoms. The van der Waals surface area contributed by atoms with Gasteiger partial charge in [-0.25, -0.2) is 20.2 Å². The van der Waals surface area contributed by atoms with Crippen molar-refractivity contribution in [3.63, 3.8) is 0 Å². The fourth-order valence-corrected chi connectivity index (χ4v) is 1.86. The molecule has 0 radical (unpaired) electrons. The Morgan fingerprint density at radius 3 is 2.62 bits per heavy atom. The van der Waals surface area contributed by atoms with Crippen molar-refractivity contribution >= 4 is 17.3 Å². The SMILES string of the molecule is CCc1nc(NN)c(C)c(Nc2ccc(F)c(OC)c2)n1. The minimum absolute atomic E-state index is 0.166. The van der Waals surface area contributed by atoms with E-state index in [0.717, 1.165) is 5.56 Å². The number of ether oxygens (including phenoxy) is 1. The van der Waals surface area contributed by atoms with Gasteiger partial charge in [-0.2, -0.15) is 0 Å². The topological polar surface area (TPSA) is 85.1 Å². The first kappa shape index (κ1) is 15.0. The molecule has 2 rings (SSSR count). The number of nitrogen functional groups attached to an aromatic ring is 1. The molecule has 0 fully saturated rings. The maximum absolute atomic E-state index is 13.4. The van der Waals surface area contributed by atoms with Crippen molar-refractivity contribution in [3.8, 4) is 5.75 Å². The number of nitrogens with two attached hydrogens (primary N) is 1. The van der Waals surface area contributed by atoms with Crippen LogP contribution in [0, 0.1) is 12.7 Å². The van der Waals surface area contributed by atoms with Crippen molar-refractivity contribution < 1.29 is 9.13 Å². The Kier molecular flexibility index (Phi) is 4.54. The molecule has 0 aliphatic rings. The van der Waals surface area contributed by atoms with Gasteiger partial charge in [-0.05, 0) is 19.1 Å². The summed E-state index contributed by atoms with van der Waals surface area (Å²) >= 11 is 0. The highest BCUT2D eigenvalue weighted by molar-refractivity contribution is 5.65. The summed E-state index contributed by atoms with van der Waals surface area (Å²) in [6.45, 7) is 3.80. The highest BCUT2D eigenvalue weighted by atomic mass is 19.1. The molecule has 0 spiro atoms. The minimum Gasteiger partial charge on any atom is -0.494 e. The average Bonchev–Trinajstić information content (AvgIpc) is 2.51. The Morgan fingerprint density at radius 1 is 1.29 bits per heavy atom. The third-order valence-corrected chi connectivity index (χ3v) is 3.06. The molecule has 0 saturated carbocycles. The Balaban J connectivity index is 2.38. The number of methoxy groups -OCH3 is 1. The van der Waals surface area contributed by atoms with Gasteiger partial charge in [0, 0.05) is 23.7 Å². The number of anilines is 3. The van der Waals surface area contributed by atoms with E-state index in [1.54, 1.807) is 12.1 Å². The van der Waals surface area contributed by atoms with Gasteiger partial charge in [-0.1, -0.05) is 6.92 Å². The molecule has 1 aromatic heterocycles. The van der Waals surface area contributed by atoms with E-state index in [-0.39, 0.29) is 5.75 Å². The first-order chi connectivity index (χ1) is 10.1. The van der Waals surface area contributed by atoms with E-state index in [4.69, 9.17) is 10.6 Å². The summed E-state index contributed by atoms with van der Waals surface area (Å²) in [5, 5.41) is 3.13. The summed E-state index contributed by atoms with van der Waals surface area (Å²) in [4.78, 5) is 8.71. The van der Waals surface area contributed by atoms with Gasteiger partial charge < -0.3 is 15.5 Å². The molecule has 1 aromatic carbocycles. The smallest absolute Gasteiger partial charge is 0.165 e. The van der Waals surface area contributed by atoms with Gasteiger partial charge in [-0.3, -0.25) is 0 Å². The van der Waals surface area contributed by atoms with E-state index in [1.807, 2.05) is 13.8 Å². The first-order valence-electron chi connectivity index (χ1n) is 6.53. The molecule has 0 atom stereocenters. The normalized spacial score (nSPS) is 10.3. The number of hydrogen-bond acceptors (Lipinski definition) is 6. The van der Waals surface area contributed by atoms with Crippen molar-refractivity contribution in [3.05, 3.63) is 35.4 Å². The minimum atomic E-state index is -0.416. The Morgan fingerprint density at radius 2 is 2.00 bits per heavy atom. The fourth-order valence-electron chi connectivity index (χ4n) is 1.86. The van der Waals surface area contributed by atoms with Crippen LogP contribution in [0.4, 0.5) is 21.7 Å². The van der Waals surface area contributed by atoms with Gasteiger partial charge in [0.05, 0.1) is 7.11 Å². The molecule has 1 heterocycles. The molecule has 0 aliphatic heterocycles. The maximum atomic E-state index is 13.4. The second-order valence-electron chi connectivity index (χ2n) is 4.43. The molecule has 4 N–H and O–H groups in total. The van der Waals surface area contributed by atoms with Gasteiger partial charge in [0.15, 0.2) is 11.6 Å². The average molecular weight is 291 g/mol. The van der Waals surface area contributed by atoms with Crippen molar-refractivity contribution in [1.82, 2.24) is 9.97 Å². The molecule has 0 aliphatic carbocycles. The summed E-state index contributed by atoms with van der Waals surface area (Å²) in [6, 6.07) is 4.51. The van der Waals surface area contributed by atoms with Gasteiger partial charge in [-0.15, -0.1) is 0 Å². The summed E-state index contributed by atoms with van der Waals surface area (Å²) in [5.74, 6) is 7.04. The van der Waals surface area contributed by atoms with Crippen molar-refractivity contribution in [2.75, 3.05) is 17.9 Å². The number of nitrogens with zero attached hydrogens (tertiary/aromatic N) is 2. The van der Waals surface area contributed by atoms with Crippen LogP contribution in [-0.2, 0) is 6.42 Å². The van der Waals surface area contributed by atoms with Gasteiger partial charge >= 0.3 is 0 Å². The number of halogens is 1. The second-order valence-corrected chi connectivity index (χ2v) is 4.43. The zero-order valence-electron chi connectivity index (χ0n) is 12.2. The molecule has 7 heteroatoms. The summed E-state index contributed by atoms with van der Waals surface area (Å²) < 4.78 is 18.4. The zero-order chi connectivity index (χ0) is 15.4. The van der Waals surface area contributed by atoms with E-state index in [9.17, 15) is 4.39 Å². The zero-order valence-corrected chi connectivity index (χ0v) is 12.2. The molecule has 112 valence electrons. The lowest BCUT2D eigenvalue weighted by atomic mass is 10.2. The standard InChI is InChI=1S/C14H18FN5O/c1-4-12-18-13(8(2)14(19-12)20-16)17-9-5-6-10(15)11(7-9)21-3/h5-7H,4,16H2,1-3H3,(H2,17,18,19,20). The lowest BCUT2D eigenvalue weighted by Crippen LogP contribution is -2.13. The van der Waals surface area contributed by atoms with Gasteiger partial charge in [0.25, 0.3) is 0 Å². The number of hydrogen-bond donors (Lipinski definition) is 3. The third-order valence-electron chi connectivity index (χ3n) is 3.06. The van der Waals surface area contributed by atoms with Gasteiger partial charge in [0.1, 0.15) is 17.5 Å². The largest absolute Gasteiger partial charge is 0.494 e. The van der Waals surface area contributed by atoms with Crippen LogP contribution >= 0.6 is 0 Å². The summed E-state index contributed by atoms with van der Waals surface area (Å²) in [5.41, 5.74) is 3.99.